The monoisotopic (exact) mass is 187 g/mol. The van der Waals surface area contributed by atoms with Crippen LogP contribution in [0.5, 0.6) is 0 Å². The summed E-state index contributed by atoms with van der Waals surface area (Å²) in [4.78, 5) is 11.7. The Morgan fingerprint density at radius 1 is 1.57 bits per heavy atom. The highest BCUT2D eigenvalue weighted by Gasteiger charge is 2.30. The van der Waals surface area contributed by atoms with Crippen LogP contribution in [-0.4, -0.2) is 10.4 Å². The standard InChI is InChI=1S/C12H13NO/c1-4-9-5-10-11(14)6-12(2,3)8-13(10)7-9/h1,5,7H,6,8H2,2-3H3. The number of terminal acetylenes is 1. The van der Waals surface area contributed by atoms with Crippen LogP contribution in [-0.2, 0) is 6.54 Å². The fraction of sp³-hybridized carbons (Fsp3) is 0.417. The van der Waals surface area contributed by atoms with E-state index >= 15 is 0 Å². The average Bonchev–Trinajstić information content (AvgIpc) is 2.45. The molecule has 0 saturated carbocycles. The van der Waals surface area contributed by atoms with Crippen molar-refractivity contribution >= 4 is 5.78 Å². The first-order chi connectivity index (χ1) is 6.52. The average molecular weight is 187 g/mol. The lowest BCUT2D eigenvalue weighted by Gasteiger charge is -2.30. The maximum atomic E-state index is 11.7. The maximum absolute atomic E-state index is 11.7. The molecule has 0 fully saturated rings. The first-order valence-electron chi connectivity index (χ1n) is 4.72. The molecular weight excluding hydrogens is 174 g/mol. The van der Waals surface area contributed by atoms with Crippen LogP contribution in [0.4, 0.5) is 0 Å². The summed E-state index contributed by atoms with van der Waals surface area (Å²) in [6, 6.07) is 1.80. The summed E-state index contributed by atoms with van der Waals surface area (Å²) in [6.45, 7) is 5.07. The molecule has 0 unspecified atom stereocenters. The molecule has 2 heteroatoms. The second kappa shape index (κ2) is 2.75. The number of carbonyl (C=O) groups excluding carboxylic acids is 1. The summed E-state index contributed by atoms with van der Waals surface area (Å²) in [5, 5.41) is 0. The summed E-state index contributed by atoms with van der Waals surface area (Å²) in [5.74, 6) is 2.76. The first-order valence-corrected chi connectivity index (χ1v) is 4.72. The molecule has 14 heavy (non-hydrogen) atoms. The highest BCUT2D eigenvalue weighted by Crippen LogP contribution is 2.31. The van der Waals surface area contributed by atoms with Gasteiger partial charge in [0.1, 0.15) is 0 Å². The Kier molecular flexibility index (Phi) is 1.78. The molecule has 0 aromatic carbocycles. The lowest BCUT2D eigenvalue weighted by molar-refractivity contribution is 0.0870. The predicted octanol–water partition coefficient (Wildman–Crippen LogP) is 2.08. The van der Waals surface area contributed by atoms with E-state index < -0.39 is 0 Å². The molecule has 0 atom stereocenters. The Balaban J connectivity index is 2.49. The van der Waals surface area contributed by atoms with Crippen LogP contribution in [0.2, 0.25) is 0 Å². The predicted molar refractivity (Wildman–Crippen MR) is 55.1 cm³/mol. The number of Topliss-reactive ketones (excluding diaryl/α,β-unsaturated/α-hetero) is 1. The molecule has 0 bridgehead atoms. The van der Waals surface area contributed by atoms with Crippen molar-refractivity contribution in [2.24, 2.45) is 5.41 Å². The lowest BCUT2D eigenvalue weighted by Crippen LogP contribution is -2.30. The number of hydrogen-bond acceptors (Lipinski definition) is 1. The van der Waals surface area contributed by atoms with Gasteiger partial charge in [0.15, 0.2) is 5.78 Å². The van der Waals surface area contributed by atoms with Crippen LogP contribution in [0.15, 0.2) is 12.3 Å². The summed E-state index contributed by atoms with van der Waals surface area (Å²) in [5.41, 5.74) is 1.61. The van der Waals surface area contributed by atoms with Crippen LogP contribution in [0.3, 0.4) is 0 Å². The van der Waals surface area contributed by atoms with E-state index in [0.717, 1.165) is 17.8 Å². The normalized spacial score (nSPS) is 18.8. The minimum absolute atomic E-state index is 0.0506. The molecule has 0 amide bonds. The summed E-state index contributed by atoms with van der Waals surface area (Å²) >= 11 is 0. The number of nitrogens with zero attached hydrogens (tertiary/aromatic N) is 1. The number of rotatable bonds is 0. The largest absolute Gasteiger partial charge is 0.343 e. The molecule has 1 aliphatic heterocycles. The molecule has 1 aliphatic rings. The Morgan fingerprint density at radius 2 is 2.29 bits per heavy atom. The molecule has 2 heterocycles. The minimum Gasteiger partial charge on any atom is -0.343 e. The molecule has 0 saturated heterocycles. The van der Waals surface area contributed by atoms with Gasteiger partial charge in [0.25, 0.3) is 0 Å². The van der Waals surface area contributed by atoms with Crippen LogP contribution < -0.4 is 0 Å². The van der Waals surface area contributed by atoms with Crippen molar-refractivity contribution in [1.29, 1.82) is 0 Å². The quantitative estimate of drug-likeness (QED) is 0.570. The number of ketones is 1. The number of carbonyl (C=O) groups is 1. The highest BCUT2D eigenvalue weighted by molar-refractivity contribution is 5.96. The minimum atomic E-state index is 0.0506. The SMILES string of the molecule is C#Cc1cc2n(c1)CC(C)(C)CC2=O. The van der Waals surface area contributed by atoms with Crippen LogP contribution >= 0.6 is 0 Å². The van der Waals surface area contributed by atoms with Crippen molar-refractivity contribution < 1.29 is 4.79 Å². The van der Waals surface area contributed by atoms with E-state index in [-0.39, 0.29) is 11.2 Å². The summed E-state index contributed by atoms with van der Waals surface area (Å²) < 4.78 is 1.97. The molecule has 1 aromatic rings. The van der Waals surface area contributed by atoms with Gasteiger partial charge in [-0.2, -0.15) is 0 Å². The van der Waals surface area contributed by atoms with Gasteiger partial charge in [0.05, 0.1) is 5.69 Å². The second-order valence-electron chi connectivity index (χ2n) is 4.65. The van der Waals surface area contributed by atoms with Crippen LogP contribution in [0, 0.1) is 17.8 Å². The van der Waals surface area contributed by atoms with Crippen LogP contribution in [0.25, 0.3) is 0 Å². The fourth-order valence-corrected chi connectivity index (χ4v) is 2.00. The van der Waals surface area contributed by atoms with Crippen molar-refractivity contribution in [3.05, 3.63) is 23.5 Å². The summed E-state index contributed by atoms with van der Waals surface area (Å²) in [7, 11) is 0. The van der Waals surface area contributed by atoms with Gasteiger partial charge >= 0.3 is 0 Å². The molecule has 2 nitrogen and oxygen atoms in total. The van der Waals surface area contributed by atoms with Crippen LogP contribution in [0.1, 0.15) is 36.3 Å². The van der Waals surface area contributed by atoms with Gasteiger partial charge in [-0.05, 0) is 11.5 Å². The van der Waals surface area contributed by atoms with Gasteiger partial charge in [-0.3, -0.25) is 4.79 Å². The molecule has 72 valence electrons. The van der Waals surface area contributed by atoms with Gasteiger partial charge in [-0.25, -0.2) is 0 Å². The molecule has 0 radical (unpaired) electrons. The van der Waals surface area contributed by atoms with Crippen molar-refractivity contribution in [3.63, 3.8) is 0 Å². The van der Waals surface area contributed by atoms with Crippen molar-refractivity contribution in [2.75, 3.05) is 0 Å². The lowest BCUT2D eigenvalue weighted by atomic mass is 9.84. The number of aromatic nitrogens is 1. The Bertz CT molecular complexity index is 432. The third-order valence-corrected chi connectivity index (χ3v) is 2.59. The fourth-order valence-electron chi connectivity index (χ4n) is 2.00. The van der Waals surface area contributed by atoms with E-state index in [1.54, 1.807) is 6.07 Å². The maximum Gasteiger partial charge on any atom is 0.179 e. The molecule has 0 N–H and O–H groups in total. The van der Waals surface area contributed by atoms with E-state index in [1.807, 2.05) is 10.8 Å². The molecule has 2 rings (SSSR count). The zero-order valence-electron chi connectivity index (χ0n) is 8.50. The van der Waals surface area contributed by atoms with E-state index in [0.29, 0.717) is 6.42 Å². The van der Waals surface area contributed by atoms with E-state index in [1.165, 1.54) is 0 Å². The molecule has 1 aromatic heterocycles. The van der Waals surface area contributed by atoms with Gasteiger partial charge in [0.2, 0.25) is 0 Å². The zero-order valence-corrected chi connectivity index (χ0v) is 8.50. The number of hydrogen-bond donors (Lipinski definition) is 0. The third kappa shape index (κ3) is 1.35. The van der Waals surface area contributed by atoms with Gasteiger partial charge in [0, 0.05) is 24.7 Å². The van der Waals surface area contributed by atoms with E-state index in [4.69, 9.17) is 6.42 Å². The van der Waals surface area contributed by atoms with Crippen molar-refractivity contribution in [1.82, 2.24) is 4.57 Å². The smallest absolute Gasteiger partial charge is 0.179 e. The van der Waals surface area contributed by atoms with Gasteiger partial charge in [-0.1, -0.05) is 19.8 Å². The number of fused-ring (bicyclic) bond motifs is 1. The zero-order chi connectivity index (χ0) is 10.3. The first kappa shape index (κ1) is 9.08. The molecule has 0 aliphatic carbocycles. The van der Waals surface area contributed by atoms with Gasteiger partial charge in [-0.15, -0.1) is 6.42 Å². The van der Waals surface area contributed by atoms with Crippen molar-refractivity contribution in [2.45, 2.75) is 26.8 Å². The highest BCUT2D eigenvalue weighted by atomic mass is 16.1. The Labute approximate surface area is 83.9 Å². The van der Waals surface area contributed by atoms with E-state index in [2.05, 4.69) is 19.8 Å². The van der Waals surface area contributed by atoms with Gasteiger partial charge < -0.3 is 4.57 Å². The molecular formula is C12H13NO. The molecule has 0 spiro atoms. The third-order valence-electron chi connectivity index (χ3n) is 2.59. The topological polar surface area (TPSA) is 22.0 Å². The summed E-state index contributed by atoms with van der Waals surface area (Å²) in [6.07, 6.45) is 7.80. The van der Waals surface area contributed by atoms with E-state index in [9.17, 15) is 4.79 Å². The second-order valence-corrected chi connectivity index (χ2v) is 4.65. The Hall–Kier alpha value is -1.49. The van der Waals surface area contributed by atoms with Crippen molar-refractivity contribution in [3.8, 4) is 12.3 Å². The Morgan fingerprint density at radius 3 is 2.93 bits per heavy atom.